The van der Waals surface area contributed by atoms with Gasteiger partial charge in [0.15, 0.2) is 0 Å². The highest BCUT2D eigenvalue weighted by molar-refractivity contribution is 7.87. The highest BCUT2D eigenvalue weighted by Crippen LogP contribution is 2.66. The molecular weight excluding hydrogens is 319 g/mol. The summed E-state index contributed by atoms with van der Waals surface area (Å²) in [6, 6.07) is 20.9. The van der Waals surface area contributed by atoms with Crippen molar-refractivity contribution < 1.29 is 4.21 Å². The van der Waals surface area contributed by atoms with E-state index < -0.39 is 10.8 Å². The molecule has 118 valence electrons. The van der Waals surface area contributed by atoms with Crippen LogP contribution in [0.3, 0.4) is 0 Å². The summed E-state index contributed by atoms with van der Waals surface area (Å²) in [6.45, 7) is 4.56. The zero-order chi connectivity index (χ0) is 16.0. The quantitative estimate of drug-likeness (QED) is 0.595. The van der Waals surface area contributed by atoms with Crippen molar-refractivity contribution in [1.82, 2.24) is 0 Å². The summed E-state index contributed by atoms with van der Waals surface area (Å²) in [5, 5.41) is 1.75. The van der Waals surface area contributed by atoms with Gasteiger partial charge in [-0.25, -0.2) is 0 Å². The standard InChI is InChI=1S/C20H21OPS/c1-14-15(2)20-19(23(21)17-11-7-4-8-12-17)13-18(14)22(20)16-9-5-3-6-10-16/h3-12,18-20H,13H2,1-2H3/t18-,19+,20-,22?,23?/m0/s1. The molecule has 0 radical (unpaired) electrons. The van der Waals surface area contributed by atoms with Crippen molar-refractivity contribution in [3.05, 3.63) is 71.8 Å². The molecule has 0 spiro atoms. The summed E-state index contributed by atoms with van der Waals surface area (Å²) >= 11 is 0. The van der Waals surface area contributed by atoms with E-state index in [1.165, 1.54) is 10.9 Å². The lowest BCUT2D eigenvalue weighted by molar-refractivity contribution is 0.656. The number of allylic oxidation sites excluding steroid dienone is 2. The van der Waals surface area contributed by atoms with Gasteiger partial charge in [0.05, 0.1) is 16.0 Å². The first-order chi connectivity index (χ1) is 11.2. The minimum absolute atomic E-state index is 0.260. The van der Waals surface area contributed by atoms with E-state index in [0.717, 1.165) is 11.3 Å². The Morgan fingerprint density at radius 1 is 0.913 bits per heavy atom. The van der Waals surface area contributed by atoms with Crippen molar-refractivity contribution in [3.8, 4) is 0 Å². The fourth-order valence-corrected chi connectivity index (χ4v) is 10.3. The Bertz CT molecular complexity index is 769. The Kier molecular flexibility index (Phi) is 3.99. The van der Waals surface area contributed by atoms with Gasteiger partial charge < -0.3 is 0 Å². The van der Waals surface area contributed by atoms with Crippen molar-refractivity contribution >= 4 is 24.0 Å². The van der Waals surface area contributed by atoms with E-state index >= 15 is 0 Å². The molecule has 2 aromatic rings. The third-order valence-corrected chi connectivity index (χ3v) is 10.8. The Morgan fingerprint density at radius 2 is 1.52 bits per heavy atom. The lowest BCUT2D eigenvalue weighted by Crippen LogP contribution is -2.28. The molecule has 0 saturated carbocycles. The predicted molar refractivity (Wildman–Crippen MR) is 100 cm³/mol. The molecule has 2 bridgehead atoms. The summed E-state index contributed by atoms with van der Waals surface area (Å²) in [4.78, 5) is 0.985. The van der Waals surface area contributed by atoms with Crippen molar-refractivity contribution in [1.29, 1.82) is 0 Å². The number of rotatable bonds is 3. The van der Waals surface area contributed by atoms with Crippen LogP contribution >= 0.6 is 7.92 Å². The van der Waals surface area contributed by atoms with Crippen molar-refractivity contribution in [2.75, 3.05) is 0 Å². The fourth-order valence-electron chi connectivity index (χ4n) is 4.08. The highest BCUT2D eigenvalue weighted by atomic mass is 32.2. The van der Waals surface area contributed by atoms with Crippen LogP contribution in [0.4, 0.5) is 0 Å². The molecule has 23 heavy (non-hydrogen) atoms. The van der Waals surface area contributed by atoms with E-state index in [4.69, 9.17) is 0 Å². The molecule has 1 saturated heterocycles. The third kappa shape index (κ3) is 2.44. The van der Waals surface area contributed by atoms with Crippen molar-refractivity contribution in [2.24, 2.45) is 0 Å². The minimum atomic E-state index is -0.906. The predicted octanol–water partition coefficient (Wildman–Crippen LogP) is 4.46. The molecule has 1 nitrogen and oxygen atoms in total. The van der Waals surface area contributed by atoms with Crippen LogP contribution in [0.25, 0.3) is 0 Å². The summed E-state index contributed by atoms with van der Waals surface area (Å²) in [6.07, 6.45) is 1.08. The van der Waals surface area contributed by atoms with Gasteiger partial charge in [0.1, 0.15) is 0 Å². The molecule has 0 amide bonds. The van der Waals surface area contributed by atoms with Gasteiger partial charge in [-0.1, -0.05) is 67.6 Å². The lowest BCUT2D eigenvalue weighted by Gasteiger charge is -2.24. The van der Waals surface area contributed by atoms with Gasteiger partial charge >= 0.3 is 0 Å². The molecule has 5 atom stereocenters. The molecule has 2 heterocycles. The average Bonchev–Trinajstić information content (AvgIpc) is 3.11. The van der Waals surface area contributed by atoms with Crippen LogP contribution in [0.15, 0.2) is 76.7 Å². The van der Waals surface area contributed by atoms with E-state index in [1.807, 2.05) is 30.3 Å². The summed E-state index contributed by atoms with van der Waals surface area (Å²) in [5.74, 6) is 0. The second-order valence-corrected chi connectivity index (χ2v) is 10.6. The second-order valence-electron chi connectivity index (χ2n) is 6.45. The first-order valence-corrected chi connectivity index (χ1v) is 10.8. The van der Waals surface area contributed by atoms with Crippen LogP contribution in [-0.4, -0.2) is 20.8 Å². The number of hydrogen-bond donors (Lipinski definition) is 0. The van der Waals surface area contributed by atoms with Crippen LogP contribution in [0.1, 0.15) is 20.3 Å². The molecule has 3 heteroatoms. The summed E-state index contributed by atoms with van der Waals surface area (Å²) < 4.78 is 13.2. The molecule has 2 aliphatic rings. The molecule has 2 unspecified atom stereocenters. The van der Waals surface area contributed by atoms with Gasteiger partial charge in [-0.2, -0.15) is 0 Å². The van der Waals surface area contributed by atoms with Gasteiger partial charge in [-0.05, 0) is 37.7 Å². The van der Waals surface area contributed by atoms with Gasteiger partial charge in [0, 0.05) is 16.2 Å². The van der Waals surface area contributed by atoms with Crippen molar-refractivity contribution in [2.45, 2.75) is 41.7 Å². The van der Waals surface area contributed by atoms with Crippen LogP contribution in [0.5, 0.6) is 0 Å². The molecule has 2 aliphatic heterocycles. The van der Waals surface area contributed by atoms with Gasteiger partial charge in [-0.15, -0.1) is 0 Å². The maximum Gasteiger partial charge on any atom is 0.0570 e. The maximum atomic E-state index is 13.2. The van der Waals surface area contributed by atoms with E-state index in [9.17, 15) is 4.21 Å². The molecule has 0 aliphatic carbocycles. The van der Waals surface area contributed by atoms with Crippen LogP contribution in [-0.2, 0) is 10.8 Å². The Hall–Kier alpha value is -1.24. The highest BCUT2D eigenvalue weighted by Gasteiger charge is 2.52. The minimum Gasteiger partial charge on any atom is -0.254 e. The zero-order valence-electron chi connectivity index (χ0n) is 13.5. The Labute approximate surface area is 142 Å². The fraction of sp³-hybridized carbons (Fsp3) is 0.300. The maximum absolute atomic E-state index is 13.2. The molecule has 2 aromatic carbocycles. The summed E-state index contributed by atoms with van der Waals surface area (Å²) in [7, 11) is -1.17. The topological polar surface area (TPSA) is 17.1 Å². The largest absolute Gasteiger partial charge is 0.254 e. The van der Waals surface area contributed by atoms with Crippen LogP contribution in [0.2, 0.25) is 0 Å². The molecule has 4 rings (SSSR count). The third-order valence-electron chi connectivity index (χ3n) is 5.31. The number of fused-ring (bicyclic) bond motifs is 2. The zero-order valence-corrected chi connectivity index (χ0v) is 15.2. The average molecular weight is 340 g/mol. The van der Waals surface area contributed by atoms with E-state index in [1.54, 1.807) is 5.57 Å². The molecule has 0 N–H and O–H groups in total. The van der Waals surface area contributed by atoms with Crippen LogP contribution < -0.4 is 5.30 Å². The van der Waals surface area contributed by atoms with E-state index in [-0.39, 0.29) is 13.2 Å². The Morgan fingerprint density at radius 3 is 2.17 bits per heavy atom. The molecule has 1 fully saturated rings. The van der Waals surface area contributed by atoms with Gasteiger partial charge in [-0.3, -0.25) is 4.21 Å². The SMILES string of the molecule is CC1=C(C)[C@H]2[C@H](S(=O)c3ccccc3)C[C@@H]1P2c1ccccc1. The normalized spacial score (nSPS) is 30.7. The smallest absolute Gasteiger partial charge is 0.0570 e. The van der Waals surface area contributed by atoms with Gasteiger partial charge in [0.2, 0.25) is 0 Å². The van der Waals surface area contributed by atoms with E-state index in [0.29, 0.717) is 11.3 Å². The first kappa shape index (κ1) is 15.3. The molecule has 0 aromatic heterocycles. The lowest BCUT2D eigenvalue weighted by atomic mass is 9.94. The first-order valence-electron chi connectivity index (χ1n) is 8.15. The number of hydrogen-bond acceptors (Lipinski definition) is 1. The van der Waals surface area contributed by atoms with Crippen molar-refractivity contribution in [3.63, 3.8) is 0 Å². The monoisotopic (exact) mass is 340 g/mol. The van der Waals surface area contributed by atoms with Gasteiger partial charge in [0.25, 0.3) is 0 Å². The summed E-state index contributed by atoms with van der Waals surface area (Å²) in [5.41, 5.74) is 4.17. The van der Waals surface area contributed by atoms with Crippen LogP contribution in [0, 0.1) is 0 Å². The second kappa shape index (κ2) is 6.00. The Balaban J connectivity index is 1.71. The number of benzene rings is 2. The van der Waals surface area contributed by atoms with E-state index in [2.05, 4.69) is 44.2 Å². The molecular formula is C20H21OPS.